The van der Waals surface area contributed by atoms with Crippen molar-refractivity contribution in [2.45, 2.75) is 19.9 Å². The highest BCUT2D eigenvalue weighted by atomic mass is 35.5. The molecule has 1 N–H and O–H groups in total. The number of nitrogens with zero attached hydrogens (tertiary/aromatic N) is 1. The first-order valence-corrected chi connectivity index (χ1v) is 6.19. The molecule has 2 aromatic rings. The van der Waals surface area contributed by atoms with Gasteiger partial charge >= 0.3 is 0 Å². The number of oxazole rings is 1. The van der Waals surface area contributed by atoms with Crippen LogP contribution < -0.4 is 5.32 Å². The van der Waals surface area contributed by atoms with E-state index in [1.165, 1.54) is 12.1 Å². The van der Waals surface area contributed by atoms with Crippen molar-refractivity contribution < 1.29 is 8.81 Å². The first kappa shape index (κ1) is 13.1. The second kappa shape index (κ2) is 5.98. The van der Waals surface area contributed by atoms with Gasteiger partial charge in [-0.2, -0.15) is 0 Å². The lowest BCUT2D eigenvalue weighted by Gasteiger charge is -1.99. The maximum atomic E-state index is 13.0. The minimum Gasteiger partial charge on any atom is -0.439 e. The van der Waals surface area contributed by atoms with E-state index in [2.05, 4.69) is 17.2 Å². The van der Waals surface area contributed by atoms with Gasteiger partial charge in [-0.1, -0.05) is 18.5 Å². The zero-order chi connectivity index (χ0) is 13.0. The summed E-state index contributed by atoms with van der Waals surface area (Å²) in [5.74, 6) is 0.758. The van der Waals surface area contributed by atoms with Gasteiger partial charge in [0.25, 0.3) is 0 Å². The summed E-state index contributed by atoms with van der Waals surface area (Å²) in [4.78, 5) is 4.15. The second-order valence-electron chi connectivity index (χ2n) is 3.92. The standard InChI is InChI=1S/C13H14ClFN2O/c1-2-5-16-8-13-17-7-12(18-13)9-3-4-11(15)10(14)6-9/h3-4,6-7,16H,2,5,8H2,1H3. The van der Waals surface area contributed by atoms with E-state index in [1.807, 2.05) is 0 Å². The molecule has 1 aromatic heterocycles. The van der Waals surface area contributed by atoms with Crippen LogP contribution in [-0.4, -0.2) is 11.5 Å². The number of nitrogens with one attached hydrogen (secondary N) is 1. The number of benzene rings is 1. The average molecular weight is 269 g/mol. The Balaban J connectivity index is 2.11. The fourth-order valence-corrected chi connectivity index (χ4v) is 1.73. The van der Waals surface area contributed by atoms with E-state index in [0.29, 0.717) is 18.2 Å². The van der Waals surface area contributed by atoms with E-state index < -0.39 is 5.82 Å². The monoisotopic (exact) mass is 268 g/mol. The Hall–Kier alpha value is -1.39. The van der Waals surface area contributed by atoms with Crippen LogP contribution in [0.4, 0.5) is 4.39 Å². The van der Waals surface area contributed by atoms with Crippen LogP contribution in [0.15, 0.2) is 28.8 Å². The van der Waals surface area contributed by atoms with Crippen LogP contribution in [-0.2, 0) is 6.54 Å². The van der Waals surface area contributed by atoms with Crippen molar-refractivity contribution in [3.05, 3.63) is 41.1 Å². The van der Waals surface area contributed by atoms with Crippen LogP contribution in [0.2, 0.25) is 5.02 Å². The molecule has 0 unspecified atom stereocenters. The Morgan fingerprint density at radius 1 is 1.44 bits per heavy atom. The highest BCUT2D eigenvalue weighted by Gasteiger charge is 2.08. The highest BCUT2D eigenvalue weighted by Crippen LogP contribution is 2.25. The third kappa shape index (κ3) is 3.09. The molecule has 0 bridgehead atoms. The molecule has 0 saturated heterocycles. The first-order valence-electron chi connectivity index (χ1n) is 5.81. The minimum atomic E-state index is -0.440. The summed E-state index contributed by atoms with van der Waals surface area (Å²) in [5.41, 5.74) is 0.718. The van der Waals surface area contributed by atoms with Gasteiger partial charge in [-0.25, -0.2) is 9.37 Å². The van der Waals surface area contributed by atoms with Crippen molar-refractivity contribution in [1.29, 1.82) is 0 Å². The zero-order valence-electron chi connectivity index (χ0n) is 10.0. The van der Waals surface area contributed by atoms with Crippen LogP contribution in [0, 0.1) is 5.82 Å². The first-order chi connectivity index (χ1) is 8.70. The topological polar surface area (TPSA) is 38.1 Å². The SMILES string of the molecule is CCCNCc1ncc(-c2ccc(F)c(Cl)c2)o1. The van der Waals surface area contributed by atoms with Crippen LogP contribution >= 0.6 is 11.6 Å². The summed E-state index contributed by atoms with van der Waals surface area (Å²) in [7, 11) is 0. The lowest BCUT2D eigenvalue weighted by atomic mass is 10.2. The number of aromatic nitrogens is 1. The fraction of sp³-hybridized carbons (Fsp3) is 0.308. The van der Waals surface area contributed by atoms with E-state index >= 15 is 0 Å². The Morgan fingerprint density at radius 2 is 2.28 bits per heavy atom. The van der Waals surface area contributed by atoms with Gasteiger partial charge in [0.15, 0.2) is 5.76 Å². The zero-order valence-corrected chi connectivity index (χ0v) is 10.8. The summed E-state index contributed by atoms with van der Waals surface area (Å²) in [6.07, 6.45) is 2.67. The predicted molar refractivity (Wildman–Crippen MR) is 68.9 cm³/mol. The van der Waals surface area contributed by atoms with Gasteiger partial charge in [0.1, 0.15) is 5.82 Å². The lowest BCUT2D eigenvalue weighted by Crippen LogP contribution is -2.13. The van der Waals surface area contributed by atoms with Crippen molar-refractivity contribution in [3.8, 4) is 11.3 Å². The molecule has 2 rings (SSSR count). The Morgan fingerprint density at radius 3 is 3.00 bits per heavy atom. The molecule has 0 aliphatic carbocycles. The largest absolute Gasteiger partial charge is 0.439 e. The van der Waals surface area contributed by atoms with Gasteiger partial charge in [-0.3, -0.25) is 0 Å². The molecule has 1 heterocycles. The van der Waals surface area contributed by atoms with Crippen LogP contribution in [0.1, 0.15) is 19.2 Å². The summed E-state index contributed by atoms with van der Waals surface area (Å²) in [6.45, 7) is 3.59. The van der Waals surface area contributed by atoms with Crippen molar-refractivity contribution in [3.63, 3.8) is 0 Å². The van der Waals surface area contributed by atoms with E-state index in [1.54, 1.807) is 12.3 Å². The van der Waals surface area contributed by atoms with E-state index in [4.69, 9.17) is 16.0 Å². The number of rotatable bonds is 5. The minimum absolute atomic E-state index is 0.0783. The third-order valence-electron chi connectivity index (χ3n) is 2.46. The quantitative estimate of drug-likeness (QED) is 0.842. The van der Waals surface area contributed by atoms with Crippen LogP contribution in [0.5, 0.6) is 0 Å². The molecule has 18 heavy (non-hydrogen) atoms. The van der Waals surface area contributed by atoms with Crippen molar-refractivity contribution in [1.82, 2.24) is 10.3 Å². The Bertz CT molecular complexity index is 527. The van der Waals surface area contributed by atoms with Gasteiger partial charge in [-0.15, -0.1) is 0 Å². The van der Waals surface area contributed by atoms with E-state index in [9.17, 15) is 4.39 Å². The Kier molecular flexibility index (Phi) is 4.33. The molecular weight excluding hydrogens is 255 g/mol. The van der Waals surface area contributed by atoms with Gasteiger partial charge in [0, 0.05) is 5.56 Å². The summed E-state index contributed by atoms with van der Waals surface area (Å²) < 4.78 is 18.6. The molecule has 96 valence electrons. The molecule has 0 amide bonds. The second-order valence-corrected chi connectivity index (χ2v) is 4.33. The molecule has 0 fully saturated rings. The summed E-state index contributed by atoms with van der Waals surface area (Å²) >= 11 is 5.72. The number of hydrogen-bond donors (Lipinski definition) is 1. The maximum Gasteiger partial charge on any atom is 0.208 e. The maximum absolute atomic E-state index is 13.0. The third-order valence-corrected chi connectivity index (χ3v) is 2.75. The van der Waals surface area contributed by atoms with E-state index in [-0.39, 0.29) is 5.02 Å². The van der Waals surface area contributed by atoms with Crippen molar-refractivity contribution in [2.75, 3.05) is 6.54 Å². The number of hydrogen-bond acceptors (Lipinski definition) is 3. The van der Waals surface area contributed by atoms with Crippen LogP contribution in [0.25, 0.3) is 11.3 Å². The van der Waals surface area contributed by atoms with E-state index in [0.717, 1.165) is 18.5 Å². The molecule has 5 heteroatoms. The van der Waals surface area contributed by atoms with Crippen LogP contribution in [0.3, 0.4) is 0 Å². The molecule has 0 aliphatic rings. The lowest BCUT2D eigenvalue weighted by molar-refractivity contribution is 0.478. The molecule has 0 spiro atoms. The van der Waals surface area contributed by atoms with Crippen molar-refractivity contribution in [2.24, 2.45) is 0 Å². The van der Waals surface area contributed by atoms with Gasteiger partial charge in [0.2, 0.25) is 5.89 Å². The normalized spacial score (nSPS) is 10.8. The summed E-state index contributed by atoms with van der Waals surface area (Å²) in [6, 6.07) is 4.46. The molecule has 0 saturated carbocycles. The molecule has 3 nitrogen and oxygen atoms in total. The molecule has 0 aliphatic heterocycles. The highest BCUT2D eigenvalue weighted by molar-refractivity contribution is 6.31. The molecule has 0 radical (unpaired) electrons. The molecule has 1 aromatic carbocycles. The molecule has 0 atom stereocenters. The smallest absolute Gasteiger partial charge is 0.208 e. The Labute approximate surface area is 110 Å². The summed E-state index contributed by atoms with van der Waals surface area (Å²) in [5, 5.41) is 3.27. The van der Waals surface area contributed by atoms with Gasteiger partial charge in [-0.05, 0) is 31.2 Å². The fourth-order valence-electron chi connectivity index (χ4n) is 1.55. The van der Waals surface area contributed by atoms with Gasteiger partial charge in [0.05, 0.1) is 17.8 Å². The number of halogens is 2. The molecular formula is C13H14ClFN2O. The van der Waals surface area contributed by atoms with Crippen molar-refractivity contribution >= 4 is 11.6 Å². The van der Waals surface area contributed by atoms with Gasteiger partial charge < -0.3 is 9.73 Å². The predicted octanol–water partition coefficient (Wildman–Crippen LogP) is 3.63. The average Bonchev–Trinajstić information content (AvgIpc) is 2.82.